The lowest BCUT2D eigenvalue weighted by Gasteiger charge is -2.42. The lowest BCUT2D eigenvalue weighted by molar-refractivity contribution is -0.137. The van der Waals surface area contributed by atoms with Gasteiger partial charge in [-0.05, 0) is 41.5 Å². The molecular weight excluding hydrogens is 373 g/mol. The first kappa shape index (κ1) is 19.4. The van der Waals surface area contributed by atoms with Gasteiger partial charge in [-0.2, -0.15) is 13.2 Å². The van der Waals surface area contributed by atoms with Crippen molar-refractivity contribution in [3.63, 3.8) is 0 Å². The van der Waals surface area contributed by atoms with Crippen molar-refractivity contribution in [2.45, 2.75) is 25.4 Å². The van der Waals surface area contributed by atoms with E-state index < -0.39 is 11.7 Å². The Morgan fingerprint density at radius 3 is 1.76 bits per heavy atom. The van der Waals surface area contributed by atoms with Gasteiger partial charge in [-0.3, -0.25) is 0 Å². The average Bonchev–Trinajstić information content (AvgIpc) is 2.67. The van der Waals surface area contributed by atoms with Gasteiger partial charge in [0.2, 0.25) is 0 Å². The first-order chi connectivity index (χ1) is 13.6. The molecule has 0 radical (unpaired) electrons. The van der Waals surface area contributed by atoms with Crippen molar-refractivity contribution in [2.75, 3.05) is 23.9 Å². The Balaban J connectivity index is 2.02. The monoisotopic (exact) mass is 396 g/mol. The molecule has 0 spiro atoms. The second-order valence-electron chi connectivity index (χ2n) is 8.09. The maximum Gasteiger partial charge on any atom is 0.416 e. The number of alkyl halides is 3. The number of nitrogens with zero attached hydrogens (tertiary/aromatic N) is 2. The zero-order chi connectivity index (χ0) is 21.0. The molecule has 4 rings (SSSR count). The first-order valence-electron chi connectivity index (χ1n) is 9.50. The van der Waals surface area contributed by atoms with E-state index in [0.717, 1.165) is 34.3 Å². The van der Waals surface area contributed by atoms with Crippen LogP contribution in [0.2, 0.25) is 0 Å². The molecule has 5 heteroatoms. The molecule has 0 amide bonds. The molecule has 150 valence electrons. The number of para-hydroxylation sites is 2. The van der Waals surface area contributed by atoms with Crippen molar-refractivity contribution in [3.05, 3.63) is 83.4 Å². The maximum absolute atomic E-state index is 13.4. The van der Waals surface area contributed by atoms with Crippen LogP contribution in [0.1, 0.15) is 30.5 Å². The fourth-order valence-corrected chi connectivity index (χ4v) is 4.18. The molecule has 0 N–H and O–H groups in total. The zero-order valence-corrected chi connectivity index (χ0v) is 16.9. The third kappa shape index (κ3) is 3.05. The molecule has 0 aromatic heterocycles. The second kappa shape index (κ2) is 6.55. The highest BCUT2D eigenvalue weighted by Crippen LogP contribution is 2.53. The minimum Gasteiger partial charge on any atom is -0.376 e. The molecule has 0 fully saturated rings. The molecule has 0 saturated carbocycles. The molecule has 0 bridgehead atoms. The Kier molecular flexibility index (Phi) is 4.37. The van der Waals surface area contributed by atoms with Crippen molar-refractivity contribution >= 4 is 22.7 Å². The van der Waals surface area contributed by atoms with E-state index in [1.165, 1.54) is 6.07 Å². The van der Waals surface area contributed by atoms with Gasteiger partial charge < -0.3 is 9.80 Å². The van der Waals surface area contributed by atoms with Gasteiger partial charge in [-0.25, -0.2) is 0 Å². The van der Waals surface area contributed by atoms with E-state index in [1.54, 1.807) is 25.1 Å². The van der Waals surface area contributed by atoms with Gasteiger partial charge in [0, 0.05) is 19.5 Å². The van der Waals surface area contributed by atoms with Gasteiger partial charge in [-0.15, -0.1) is 0 Å². The van der Waals surface area contributed by atoms with Crippen LogP contribution < -0.4 is 9.80 Å². The van der Waals surface area contributed by atoms with Crippen molar-refractivity contribution in [3.8, 4) is 0 Å². The van der Waals surface area contributed by atoms with E-state index >= 15 is 0 Å². The van der Waals surface area contributed by atoms with E-state index in [2.05, 4.69) is 30.9 Å². The fourth-order valence-electron chi connectivity index (χ4n) is 4.18. The van der Waals surface area contributed by atoms with Crippen molar-refractivity contribution in [1.29, 1.82) is 0 Å². The summed E-state index contributed by atoms with van der Waals surface area (Å²) in [6, 6.07) is 20.2. The molecule has 0 unspecified atom stereocenters. The number of fused-ring (bicyclic) bond motifs is 2. The van der Waals surface area contributed by atoms with Gasteiger partial charge in [0.05, 0.1) is 28.3 Å². The van der Waals surface area contributed by atoms with Gasteiger partial charge >= 0.3 is 6.18 Å². The molecule has 29 heavy (non-hydrogen) atoms. The van der Waals surface area contributed by atoms with E-state index in [-0.39, 0.29) is 5.41 Å². The van der Waals surface area contributed by atoms with Gasteiger partial charge in [0.15, 0.2) is 0 Å². The van der Waals surface area contributed by atoms with Crippen LogP contribution in [0.3, 0.4) is 0 Å². The molecule has 2 nitrogen and oxygen atoms in total. The summed E-state index contributed by atoms with van der Waals surface area (Å²) in [4.78, 5) is 3.81. The minimum absolute atomic E-state index is 0.214. The number of benzene rings is 3. The summed E-state index contributed by atoms with van der Waals surface area (Å²) >= 11 is 0. The summed E-state index contributed by atoms with van der Waals surface area (Å²) in [6.07, 6.45) is -4.39. The third-order valence-corrected chi connectivity index (χ3v) is 5.66. The summed E-state index contributed by atoms with van der Waals surface area (Å²) in [5, 5.41) is 0. The first-order valence-corrected chi connectivity index (χ1v) is 9.50. The second-order valence-corrected chi connectivity index (χ2v) is 8.09. The van der Waals surface area contributed by atoms with Gasteiger partial charge in [0.25, 0.3) is 0 Å². The molecular formula is C24H23F3N2. The predicted octanol–water partition coefficient (Wildman–Crippen LogP) is 6.88. The molecule has 3 aromatic carbocycles. The van der Waals surface area contributed by atoms with E-state index in [1.807, 2.05) is 36.4 Å². The smallest absolute Gasteiger partial charge is 0.376 e. The number of hydrogen-bond donors (Lipinski definition) is 0. The Morgan fingerprint density at radius 2 is 1.28 bits per heavy atom. The standard InChI is InChI=1S/C24H23F3N2/c1-23(2)17-9-5-7-11-19(17)29(20-12-8-6-10-18(20)23)21-14-13-16(24(25,26)27)15-22(21)28(3)4/h5-15H,1-4H3. The topological polar surface area (TPSA) is 6.48 Å². The van der Waals surface area contributed by atoms with Crippen LogP contribution in [0, 0.1) is 0 Å². The Morgan fingerprint density at radius 1 is 0.759 bits per heavy atom. The van der Waals surface area contributed by atoms with Crippen LogP contribution in [-0.4, -0.2) is 14.1 Å². The normalized spacial score (nSPS) is 14.9. The number of anilines is 4. The summed E-state index contributed by atoms with van der Waals surface area (Å²) in [6.45, 7) is 4.36. The Bertz CT molecular complexity index is 1020. The summed E-state index contributed by atoms with van der Waals surface area (Å²) in [5.74, 6) is 0. The molecule has 3 aromatic rings. The van der Waals surface area contributed by atoms with Crippen LogP contribution in [0.5, 0.6) is 0 Å². The fraction of sp³-hybridized carbons (Fsp3) is 0.250. The number of hydrogen-bond acceptors (Lipinski definition) is 2. The maximum atomic E-state index is 13.4. The average molecular weight is 396 g/mol. The zero-order valence-electron chi connectivity index (χ0n) is 16.9. The van der Waals surface area contributed by atoms with E-state index in [9.17, 15) is 13.2 Å². The van der Waals surface area contributed by atoms with Crippen LogP contribution in [0.4, 0.5) is 35.9 Å². The van der Waals surface area contributed by atoms with Crippen molar-refractivity contribution in [1.82, 2.24) is 0 Å². The van der Waals surface area contributed by atoms with Gasteiger partial charge in [0.1, 0.15) is 0 Å². The van der Waals surface area contributed by atoms with E-state index in [0.29, 0.717) is 5.69 Å². The SMILES string of the molecule is CN(C)c1cc(C(F)(F)F)ccc1N1c2ccccc2C(C)(C)c2ccccc21. The van der Waals surface area contributed by atoms with Crippen molar-refractivity contribution < 1.29 is 13.2 Å². The molecule has 0 atom stereocenters. The molecule has 0 aliphatic carbocycles. The van der Waals surface area contributed by atoms with Crippen LogP contribution in [0.15, 0.2) is 66.7 Å². The molecule has 1 aliphatic heterocycles. The molecule has 1 heterocycles. The van der Waals surface area contributed by atoms with Crippen LogP contribution in [-0.2, 0) is 11.6 Å². The largest absolute Gasteiger partial charge is 0.416 e. The number of halogens is 3. The highest BCUT2D eigenvalue weighted by Gasteiger charge is 2.38. The molecule has 1 aliphatic rings. The predicted molar refractivity (Wildman–Crippen MR) is 113 cm³/mol. The highest BCUT2D eigenvalue weighted by atomic mass is 19.4. The lowest BCUT2D eigenvalue weighted by Crippen LogP contribution is -2.31. The summed E-state index contributed by atoms with van der Waals surface area (Å²) in [7, 11) is 3.54. The summed E-state index contributed by atoms with van der Waals surface area (Å²) in [5.41, 5.74) is 4.63. The highest BCUT2D eigenvalue weighted by molar-refractivity contribution is 5.90. The minimum atomic E-state index is -4.39. The summed E-state index contributed by atoms with van der Waals surface area (Å²) < 4.78 is 40.1. The Labute approximate surface area is 169 Å². The quantitative estimate of drug-likeness (QED) is 0.466. The lowest BCUT2D eigenvalue weighted by atomic mass is 9.73. The van der Waals surface area contributed by atoms with Gasteiger partial charge in [-0.1, -0.05) is 50.2 Å². The number of rotatable bonds is 2. The third-order valence-electron chi connectivity index (χ3n) is 5.66. The molecule has 0 saturated heterocycles. The van der Waals surface area contributed by atoms with Crippen molar-refractivity contribution in [2.24, 2.45) is 0 Å². The van der Waals surface area contributed by atoms with Crippen LogP contribution >= 0.6 is 0 Å². The Hall–Kier alpha value is -2.95. The van der Waals surface area contributed by atoms with Crippen LogP contribution in [0.25, 0.3) is 0 Å². The van der Waals surface area contributed by atoms with E-state index in [4.69, 9.17) is 0 Å².